The molecule has 0 spiro atoms. The highest BCUT2D eigenvalue weighted by atomic mass is 19.1. The van der Waals surface area contributed by atoms with Gasteiger partial charge in [0.15, 0.2) is 0 Å². The maximum absolute atomic E-state index is 13.6. The minimum atomic E-state index is -0.245. The van der Waals surface area contributed by atoms with E-state index in [4.69, 9.17) is 4.74 Å². The molecule has 7 heteroatoms. The van der Waals surface area contributed by atoms with Gasteiger partial charge in [0.1, 0.15) is 18.0 Å². The molecule has 2 aromatic rings. The maximum Gasteiger partial charge on any atom is 0.218 e. The van der Waals surface area contributed by atoms with Crippen LogP contribution >= 0.6 is 0 Å². The predicted octanol–water partition coefficient (Wildman–Crippen LogP) is 1.34. The van der Waals surface area contributed by atoms with Gasteiger partial charge in [0, 0.05) is 50.6 Å². The first-order valence-electron chi connectivity index (χ1n) is 7.18. The second-order valence-corrected chi connectivity index (χ2v) is 5.15. The van der Waals surface area contributed by atoms with Gasteiger partial charge >= 0.3 is 0 Å². The molecule has 0 N–H and O–H groups in total. The zero-order valence-electron chi connectivity index (χ0n) is 12.4. The molecular weight excluding hydrogens is 285 g/mol. The van der Waals surface area contributed by atoms with Crippen molar-refractivity contribution in [1.82, 2.24) is 19.9 Å². The summed E-state index contributed by atoms with van der Waals surface area (Å²) < 4.78 is 18.8. The summed E-state index contributed by atoms with van der Waals surface area (Å²) in [6, 6.07) is 3.56. The molecule has 22 heavy (non-hydrogen) atoms. The first kappa shape index (κ1) is 14.6. The number of nitrogens with zero attached hydrogens (tertiary/aromatic N) is 5. The molecule has 3 heterocycles. The Hall–Kier alpha value is -2.28. The van der Waals surface area contributed by atoms with Crippen LogP contribution in [0.25, 0.3) is 0 Å². The number of pyridine rings is 1. The molecular formula is C15H18FN5O. The van der Waals surface area contributed by atoms with Gasteiger partial charge in [0.05, 0.1) is 13.3 Å². The number of hydrogen-bond donors (Lipinski definition) is 0. The van der Waals surface area contributed by atoms with E-state index >= 15 is 0 Å². The Balaban J connectivity index is 1.59. The van der Waals surface area contributed by atoms with E-state index in [0.29, 0.717) is 18.0 Å². The van der Waals surface area contributed by atoms with Crippen molar-refractivity contribution in [2.45, 2.75) is 6.54 Å². The summed E-state index contributed by atoms with van der Waals surface area (Å²) in [4.78, 5) is 16.5. The van der Waals surface area contributed by atoms with Crippen molar-refractivity contribution in [3.05, 3.63) is 42.2 Å². The van der Waals surface area contributed by atoms with Gasteiger partial charge in [-0.3, -0.25) is 9.88 Å². The van der Waals surface area contributed by atoms with E-state index < -0.39 is 0 Å². The second-order valence-electron chi connectivity index (χ2n) is 5.15. The average molecular weight is 303 g/mol. The molecule has 1 aliphatic rings. The number of methoxy groups -OCH3 is 1. The molecule has 0 amide bonds. The quantitative estimate of drug-likeness (QED) is 0.849. The van der Waals surface area contributed by atoms with Gasteiger partial charge in [-0.1, -0.05) is 0 Å². The van der Waals surface area contributed by atoms with Gasteiger partial charge in [0.2, 0.25) is 5.88 Å². The number of piperazine rings is 1. The van der Waals surface area contributed by atoms with Gasteiger partial charge in [-0.15, -0.1) is 0 Å². The molecule has 0 saturated carbocycles. The lowest BCUT2D eigenvalue weighted by Gasteiger charge is -2.35. The van der Waals surface area contributed by atoms with Gasteiger partial charge in [0.25, 0.3) is 0 Å². The Morgan fingerprint density at radius 3 is 2.77 bits per heavy atom. The Labute approximate surface area is 128 Å². The molecule has 1 fully saturated rings. The summed E-state index contributed by atoms with van der Waals surface area (Å²) in [5, 5.41) is 0. The van der Waals surface area contributed by atoms with E-state index in [1.165, 1.54) is 12.5 Å². The van der Waals surface area contributed by atoms with Crippen LogP contribution in [-0.4, -0.2) is 53.1 Å². The van der Waals surface area contributed by atoms with Crippen LogP contribution in [0.4, 0.5) is 10.2 Å². The van der Waals surface area contributed by atoms with Gasteiger partial charge in [-0.2, -0.15) is 0 Å². The SMILES string of the molecule is COc1cc(N2CCN(Cc3ccncc3F)CC2)ncn1. The molecule has 0 bridgehead atoms. The van der Waals surface area contributed by atoms with Gasteiger partial charge in [-0.05, 0) is 6.07 Å². The molecule has 1 aliphatic heterocycles. The zero-order chi connectivity index (χ0) is 15.4. The highest BCUT2D eigenvalue weighted by Gasteiger charge is 2.19. The smallest absolute Gasteiger partial charge is 0.218 e. The molecule has 116 valence electrons. The van der Waals surface area contributed by atoms with Crippen LogP contribution < -0.4 is 9.64 Å². The lowest BCUT2D eigenvalue weighted by Crippen LogP contribution is -2.46. The third-order valence-electron chi connectivity index (χ3n) is 3.78. The number of rotatable bonds is 4. The Bertz CT molecular complexity index is 631. The molecule has 0 unspecified atom stereocenters. The molecule has 0 radical (unpaired) electrons. The number of anilines is 1. The highest BCUT2D eigenvalue weighted by Crippen LogP contribution is 2.18. The molecule has 3 rings (SSSR count). The fourth-order valence-electron chi connectivity index (χ4n) is 2.52. The Kier molecular flexibility index (Phi) is 4.43. The van der Waals surface area contributed by atoms with Crippen molar-refractivity contribution < 1.29 is 9.13 Å². The molecule has 0 aliphatic carbocycles. The van der Waals surface area contributed by atoms with Crippen molar-refractivity contribution >= 4 is 5.82 Å². The fourth-order valence-corrected chi connectivity index (χ4v) is 2.52. The van der Waals surface area contributed by atoms with E-state index in [1.54, 1.807) is 19.4 Å². The topological polar surface area (TPSA) is 54.4 Å². The highest BCUT2D eigenvalue weighted by molar-refractivity contribution is 5.41. The summed E-state index contributed by atoms with van der Waals surface area (Å²) in [5.41, 5.74) is 0.687. The van der Waals surface area contributed by atoms with Crippen LogP contribution in [-0.2, 0) is 6.54 Å². The van der Waals surface area contributed by atoms with Crippen molar-refractivity contribution in [3.8, 4) is 5.88 Å². The van der Waals surface area contributed by atoms with Gasteiger partial charge in [-0.25, -0.2) is 14.4 Å². The van der Waals surface area contributed by atoms with Crippen molar-refractivity contribution in [1.29, 1.82) is 0 Å². The van der Waals surface area contributed by atoms with Crippen LogP contribution in [0.3, 0.4) is 0 Å². The number of halogens is 1. The van der Waals surface area contributed by atoms with Crippen molar-refractivity contribution in [2.75, 3.05) is 38.2 Å². The van der Waals surface area contributed by atoms with Crippen LogP contribution in [0.15, 0.2) is 30.9 Å². The van der Waals surface area contributed by atoms with Crippen molar-refractivity contribution in [3.63, 3.8) is 0 Å². The first-order valence-corrected chi connectivity index (χ1v) is 7.18. The minimum Gasteiger partial charge on any atom is -0.481 e. The largest absolute Gasteiger partial charge is 0.481 e. The normalized spacial score (nSPS) is 15.8. The second kappa shape index (κ2) is 6.65. The Morgan fingerprint density at radius 2 is 2.05 bits per heavy atom. The fraction of sp³-hybridized carbons (Fsp3) is 0.400. The van der Waals surface area contributed by atoms with Crippen LogP contribution in [0, 0.1) is 5.82 Å². The third kappa shape index (κ3) is 3.30. The molecule has 0 atom stereocenters. The molecule has 6 nitrogen and oxygen atoms in total. The molecule has 0 aromatic carbocycles. The summed E-state index contributed by atoms with van der Waals surface area (Å²) in [7, 11) is 1.59. The summed E-state index contributed by atoms with van der Waals surface area (Å²) >= 11 is 0. The number of hydrogen-bond acceptors (Lipinski definition) is 6. The van der Waals surface area contributed by atoms with E-state index in [9.17, 15) is 4.39 Å². The summed E-state index contributed by atoms with van der Waals surface area (Å²) in [6.45, 7) is 4.00. The van der Waals surface area contributed by atoms with Crippen LogP contribution in [0.1, 0.15) is 5.56 Å². The minimum absolute atomic E-state index is 0.245. The average Bonchev–Trinajstić information content (AvgIpc) is 2.58. The number of aromatic nitrogens is 3. The lowest BCUT2D eigenvalue weighted by atomic mass is 10.2. The zero-order valence-corrected chi connectivity index (χ0v) is 12.4. The van der Waals surface area contributed by atoms with E-state index in [1.807, 2.05) is 6.07 Å². The molecule has 1 saturated heterocycles. The summed E-state index contributed by atoms with van der Waals surface area (Å²) in [5.74, 6) is 1.18. The Morgan fingerprint density at radius 1 is 1.23 bits per heavy atom. The van der Waals surface area contributed by atoms with Gasteiger partial charge < -0.3 is 9.64 Å². The molecule has 2 aromatic heterocycles. The lowest BCUT2D eigenvalue weighted by molar-refractivity contribution is 0.246. The van der Waals surface area contributed by atoms with E-state index in [2.05, 4.69) is 24.8 Å². The third-order valence-corrected chi connectivity index (χ3v) is 3.78. The van der Waals surface area contributed by atoms with E-state index in [-0.39, 0.29) is 5.82 Å². The van der Waals surface area contributed by atoms with Crippen LogP contribution in [0.5, 0.6) is 5.88 Å². The predicted molar refractivity (Wildman–Crippen MR) is 80.3 cm³/mol. The van der Waals surface area contributed by atoms with Crippen LogP contribution in [0.2, 0.25) is 0 Å². The maximum atomic E-state index is 13.6. The number of ether oxygens (including phenoxy) is 1. The first-order chi connectivity index (χ1) is 10.8. The van der Waals surface area contributed by atoms with E-state index in [0.717, 1.165) is 32.0 Å². The van der Waals surface area contributed by atoms with Crippen molar-refractivity contribution in [2.24, 2.45) is 0 Å². The monoisotopic (exact) mass is 303 g/mol. The summed E-state index contributed by atoms with van der Waals surface area (Å²) in [6.07, 6.45) is 4.40. The standard InChI is InChI=1S/C15H18FN5O/c1-22-15-8-14(18-11-19-15)21-6-4-20(5-7-21)10-12-2-3-17-9-13(12)16/h2-3,8-9,11H,4-7,10H2,1H3.